The van der Waals surface area contributed by atoms with Crippen molar-refractivity contribution in [3.8, 4) is 0 Å². The molecule has 2 N–H and O–H groups in total. The molecule has 0 amide bonds. The van der Waals surface area contributed by atoms with Crippen LogP contribution in [0.25, 0.3) is 0 Å². The van der Waals surface area contributed by atoms with Gasteiger partial charge in [-0.3, -0.25) is 0 Å². The molecule has 4 aliphatic rings. The monoisotopic (exact) mass is 279 g/mol. The highest BCUT2D eigenvalue weighted by atomic mass is 16.5. The van der Waals surface area contributed by atoms with E-state index in [0.29, 0.717) is 10.8 Å². The van der Waals surface area contributed by atoms with Crippen molar-refractivity contribution in [3.63, 3.8) is 0 Å². The van der Waals surface area contributed by atoms with E-state index in [4.69, 9.17) is 10.5 Å². The summed E-state index contributed by atoms with van der Waals surface area (Å²) < 4.78 is 5.94. The van der Waals surface area contributed by atoms with Crippen LogP contribution in [0.3, 0.4) is 0 Å². The van der Waals surface area contributed by atoms with Crippen LogP contribution >= 0.6 is 0 Å². The van der Waals surface area contributed by atoms with Crippen molar-refractivity contribution in [2.45, 2.75) is 71.8 Å². The van der Waals surface area contributed by atoms with Crippen molar-refractivity contribution in [1.29, 1.82) is 0 Å². The molecule has 20 heavy (non-hydrogen) atoms. The first-order chi connectivity index (χ1) is 9.36. The SMILES string of the molecule is CC(C)(C)CCOCC(N)C12CC3CC(CC(C3)C1)C2. The highest BCUT2D eigenvalue weighted by Gasteiger charge is 2.53. The molecule has 0 radical (unpaired) electrons. The molecule has 1 atom stereocenters. The summed E-state index contributed by atoms with van der Waals surface area (Å²) in [5.74, 6) is 2.96. The van der Waals surface area contributed by atoms with Crippen molar-refractivity contribution < 1.29 is 4.74 Å². The molecule has 4 bridgehead atoms. The molecule has 4 saturated carbocycles. The molecular weight excluding hydrogens is 246 g/mol. The lowest BCUT2D eigenvalue weighted by Gasteiger charge is -2.58. The van der Waals surface area contributed by atoms with E-state index >= 15 is 0 Å². The third-order valence-electron chi connectivity index (χ3n) is 6.17. The zero-order chi connectivity index (χ0) is 14.4. The van der Waals surface area contributed by atoms with Crippen molar-refractivity contribution in [2.75, 3.05) is 13.2 Å². The lowest BCUT2D eigenvalue weighted by atomic mass is 9.48. The van der Waals surface area contributed by atoms with Crippen LogP contribution in [0.5, 0.6) is 0 Å². The molecular formula is C18H33NO. The largest absolute Gasteiger partial charge is 0.380 e. The van der Waals surface area contributed by atoms with Gasteiger partial charge in [0.15, 0.2) is 0 Å². The van der Waals surface area contributed by atoms with Crippen LogP contribution in [0.1, 0.15) is 65.7 Å². The van der Waals surface area contributed by atoms with Gasteiger partial charge in [0, 0.05) is 12.6 Å². The summed E-state index contributed by atoms with van der Waals surface area (Å²) in [5, 5.41) is 0. The molecule has 0 spiro atoms. The van der Waals surface area contributed by atoms with Crippen LogP contribution in [-0.4, -0.2) is 19.3 Å². The second-order valence-corrected chi connectivity index (χ2v) is 9.27. The zero-order valence-corrected chi connectivity index (χ0v) is 13.7. The third kappa shape index (κ3) is 3.06. The number of hydrogen-bond donors (Lipinski definition) is 1. The number of rotatable bonds is 5. The van der Waals surface area contributed by atoms with Gasteiger partial charge in [-0.05, 0) is 73.5 Å². The fraction of sp³-hybridized carbons (Fsp3) is 1.00. The highest BCUT2D eigenvalue weighted by molar-refractivity contribution is 5.05. The predicted molar refractivity (Wildman–Crippen MR) is 83.5 cm³/mol. The molecule has 2 heteroatoms. The Kier molecular flexibility index (Phi) is 3.92. The summed E-state index contributed by atoms with van der Waals surface area (Å²) in [6, 6.07) is 0.274. The van der Waals surface area contributed by atoms with E-state index in [-0.39, 0.29) is 6.04 Å². The fourth-order valence-electron chi connectivity index (χ4n) is 5.40. The number of hydrogen-bond acceptors (Lipinski definition) is 2. The average molecular weight is 279 g/mol. The average Bonchev–Trinajstić information content (AvgIpc) is 2.31. The van der Waals surface area contributed by atoms with Crippen molar-refractivity contribution in [1.82, 2.24) is 0 Å². The maximum Gasteiger partial charge on any atom is 0.0622 e. The summed E-state index contributed by atoms with van der Waals surface area (Å²) in [7, 11) is 0. The fourth-order valence-corrected chi connectivity index (χ4v) is 5.40. The van der Waals surface area contributed by atoms with Gasteiger partial charge in [-0.1, -0.05) is 20.8 Å². The molecule has 1 unspecified atom stereocenters. The molecule has 2 nitrogen and oxygen atoms in total. The van der Waals surface area contributed by atoms with Crippen LogP contribution in [-0.2, 0) is 4.74 Å². The smallest absolute Gasteiger partial charge is 0.0622 e. The maximum absolute atomic E-state index is 6.60. The van der Waals surface area contributed by atoms with Crippen molar-refractivity contribution >= 4 is 0 Å². The van der Waals surface area contributed by atoms with Gasteiger partial charge in [0.2, 0.25) is 0 Å². The molecule has 0 aromatic rings. The van der Waals surface area contributed by atoms with Crippen LogP contribution in [0.2, 0.25) is 0 Å². The van der Waals surface area contributed by atoms with Gasteiger partial charge in [0.1, 0.15) is 0 Å². The second-order valence-electron chi connectivity index (χ2n) is 9.27. The summed E-state index contributed by atoms with van der Waals surface area (Å²) in [6.45, 7) is 8.46. The summed E-state index contributed by atoms with van der Waals surface area (Å²) in [5.41, 5.74) is 7.40. The molecule has 0 saturated heterocycles. The predicted octanol–water partition coefficient (Wildman–Crippen LogP) is 3.98. The quantitative estimate of drug-likeness (QED) is 0.773. The van der Waals surface area contributed by atoms with Gasteiger partial charge in [0.05, 0.1) is 6.61 Å². The first kappa shape index (κ1) is 14.8. The van der Waals surface area contributed by atoms with Crippen LogP contribution < -0.4 is 5.73 Å². The minimum Gasteiger partial charge on any atom is -0.380 e. The summed E-state index contributed by atoms with van der Waals surface area (Å²) in [4.78, 5) is 0. The van der Waals surface area contributed by atoms with Gasteiger partial charge in [-0.2, -0.15) is 0 Å². The molecule has 116 valence electrons. The second kappa shape index (κ2) is 5.28. The Morgan fingerprint density at radius 3 is 2.00 bits per heavy atom. The van der Waals surface area contributed by atoms with E-state index in [2.05, 4.69) is 20.8 Å². The summed E-state index contributed by atoms with van der Waals surface area (Å²) in [6.07, 6.45) is 9.79. The minimum absolute atomic E-state index is 0.274. The van der Waals surface area contributed by atoms with E-state index < -0.39 is 0 Å². The van der Waals surface area contributed by atoms with Gasteiger partial charge < -0.3 is 10.5 Å². The molecule has 0 aromatic carbocycles. The Morgan fingerprint density at radius 1 is 1.05 bits per heavy atom. The van der Waals surface area contributed by atoms with Crippen LogP contribution in [0, 0.1) is 28.6 Å². The standard InChI is InChI=1S/C18H33NO/c1-17(2,3)4-5-20-12-16(19)18-9-13-6-14(10-18)8-15(7-13)11-18/h13-16H,4-12,19H2,1-3H3. The van der Waals surface area contributed by atoms with Gasteiger partial charge in [0.25, 0.3) is 0 Å². The first-order valence-electron chi connectivity index (χ1n) is 8.70. The van der Waals surface area contributed by atoms with E-state index in [0.717, 1.165) is 37.4 Å². The number of ether oxygens (including phenoxy) is 1. The zero-order valence-electron chi connectivity index (χ0n) is 13.7. The molecule has 0 aliphatic heterocycles. The van der Waals surface area contributed by atoms with Gasteiger partial charge in [-0.15, -0.1) is 0 Å². The Labute approximate surface area is 124 Å². The first-order valence-corrected chi connectivity index (χ1v) is 8.70. The lowest BCUT2D eigenvalue weighted by Crippen LogP contribution is -2.56. The normalized spacial score (nSPS) is 41.1. The van der Waals surface area contributed by atoms with Crippen molar-refractivity contribution in [3.05, 3.63) is 0 Å². The lowest BCUT2D eigenvalue weighted by molar-refractivity contribution is -0.0813. The Bertz CT molecular complexity index is 309. The maximum atomic E-state index is 6.60. The Hall–Kier alpha value is -0.0800. The molecule has 4 aliphatic carbocycles. The highest BCUT2D eigenvalue weighted by Crippen LogP contribution is 2.60. The van der Waals surface area contributed by atoms with E-state index in [1.54, 1.807) is 0 Å². The Morgan fingerprint density at radius 2 is 1.55 bits per heavy atom. The summed E-state index contributed by atoms with van der Waals surface area (Å²) >= 11 is 0. The van der Waals surface area contributed by atoms with Crippen LogP contribution in [0.15, 0.2) is 0 Å². The molecule has 4 fully saturated rings. The third-order valence-corrected chi connectivity index (χ3v) is 6.17. The van der Waals surface area contributed by atoms with E-state index in [9.17, 15) is 0 Å². The minimum atomic E-state index is 0.274. The Balaban J connectivity index is 1.51. The topological polar surface area (TPSA) is 35.2 Å². The number of nitrogens with two attached hydrogens (primary N) is 1. The molecule has 0 aromatic heterocycles. The van der Waals surface area contributed by atoms with Crippen molar-refractivity contribution in [2.24, 2.45) is 34.3 Å². The van der Waals surface area contributed by atoms with Gasteiger partial charge in [-0.25, -0.2) is 0 Å². The molecule has 0 heterocycles. The van der Waals surface area contributed by atoms with E-state index in [1.165, 1.54) is 38.5 Å². The van der Waals surface area contributed by atoms with Crippen LogP contribution in [0.4, 0.5) is 0 Å². The van der Waals surface area contributed by atoms with E-state index in [1.807, 2.05) is 0 Å². The van der Waals surface area contributed by atoms with Gasteiger partial charge >= 0.3 is 0 Å². The molecule has 4 rings (SSSR count).